The van der Waals surface area contributed by atoms with Crippen molar-refractivity contribution in [3.05, 3.63) is 35.9 Å². The Labute approximate surface area is 143 Å². The van der Waals surface area contributed by atoms with E-state index in [1.54, 1.807) is 27.7 Å². The van der Waals surface area contributed by atoms with E-state index in [2.05, 4.69) is 4.99 Å². The third-order valence-electron chi connectivity index (χ3n) is 3.78. The second-order valence-electron chi connectivity index (χ2n) is 7.43. The molecule has 5 nitrogen and oxygen atoms in total. The number of benzene rings is 1. The monoisotopic (exact) mass is 330 g/mol. The Morgan fingerprint density at radius 1 is 1.21 bits per heavy atom. The first-order chi connectivity index (χ1) is 11.1. The van der Waals surface area contributed by atoms with Crippen molar-refractivity contribution in [1.29, 1.82) is 0 Å². The minimum atomic E-state index is -0.663. The number of imide groups is 1. The molecular weight excluding hydrogens is 304 g/mol. The third kappa shape index (κ3) is 3.83. The van der Waals surface area contributed by atoms with Crippen molar-refractivity contribution in [2.45, 2.75) is 59.2 Å². The first-order valence-electron chi connectivity index (χ1n) is 8.31. The molecule has 5 heteroatoms. The van der Waals surface area contributed by atoms with E-state index < -0.39 is 23.8 Å². The van der Waals surface area contributed by atoms with E-state index in [1.807, 2.05) is 44.2 Å². The summed E-state index contributed by atoms with van der Waals surface area (Å²) in [4.78, 5) is 31.2. The van der Waals surface area contributed by atoms with Gasteiger partial charge in [0.1, 0.15) is 11.6 Å². The zero-order valence-corrected chi connectivity index (χ0v) is 15.2. The maximum absolute atomic E-state index is 12.7. The van der Waals surface area contributed by atoms with Crippen LogP contribution in [0, 0.1) is 5.92 Å². The number of hydrogen-bond donors (Lipinski definition) is 0. The van der Waals surface area contributed by atoms with E-state index >= 15 is 0 Å². The highest BCUT2D eigenvalue weighted by atomic mass is 16.6. The number of rotatable bonds is 2. The molecule has 0 radical (unpaired) electrons. The lowest BCUT2D eigenvalue weighted by Crippen LogP contribution is -2.58. The first kappa shape index (κ1) is 18.2. The van der Waals surface area contributed by atoms with Gasteiger partial charge in [0.05, 0.1) is 11.8 Å². The summed E-state index contributed by atoms with van der Waals surface area (Å²) in [5, 5.41) is 0. The molecule has 1 unspecified atom stereocenters. The standard InChI is InChI=1S/C19H26N2O3/c1-12(2)16-15(14-10-8-7-9-11-14)20-13(3)17(22)21(16)18(23)24-19(4,5)6/h7-13,16H,1-6H3/t13?,16-/m1/s1. The van der Waals surface area contributed by atoms with E-state index in [9.17, 15) is 9.59 Å². The van der Waals surface area contributed by atoms with Gasteiger partial charge in [0.25, 0.3) is 5.91 Å². The Balaban J connectivity index is 2.48. The van der Waals surface area contributed by atoms with Crippen molar-refractivity contribution >= 4 is 17.7 Å². The number of aliphatic imine (C=N–C) groups is 1. The number of carbonyl (C=O) groups is 2. The molecule has 2 atom stereocenters. The summed E-state index contributed by atoms with van der Waals surface area (Å²) < 4.78 is 5.47. The van der Waals surface area contributed by atoms with Gasteiger partial charge >= 0.3 is 6.09 Å². The van der Waals surface area contributed by atoms with Crippen molar-refractivity contribution < 1.29 is 14.3 Å². The summed E-state index contributed by atoms with van der Waals surface area (Å²) in [6.07, 6.45) is -0.610. The van der Waals surface area contributed by atoms with Gasteiger partial charge in [-0.25, -0.2) is 9.69 Å². The molecule has 1 aromatic rings. The van der Waals surface area contributed by atoms with Crippen LogP contribution in [0.15, 0.2) is 35.3 Å². The zero-order valence-electron chi connectivity index (χ0n) is 15.2. The fraction of sp³-hybridized carbons (Fsp3) is 0.526. The summed E-state index contributed by atoms with van der Waals surface area (Å²) in [7, 11) is 0. The Morgan fingerprint density at radius 2 is 1.79 bits per heavy atom. The molecule has 1 aromatic carbocycles. The Hall–Kier alpha value is -2.17. The molecule has 0 N–H and O–H groups in total. The SMILES string of the molecule is CC1N=C(c2ccccc2)[C@@H](C(C)C)N(C(=O)OC(C)(C)C)C1=O. The molecule has 0 aliphatic carbocycles. The Bertz CT molecular complexity index is 644. The summed E-state index contributed by atoms with van der Waals surface area (Å²) >= 11 is 0. The van der Waals surface area contributed by atoms with Crippen molar-refractivity contribution in [3.8, 4) is 0 Å². The molecule has 2 amide bonds. The van der Waals surface area contributed by atoms with Crippen LogP contribution in [0.25, 0.3) is 0 Å². The molecule has 0 bridgehead atoms. The highest BCUT2D eigenvalue weighted by Crippen LogP contribution is 2.26. The molecule has 0 spiro atoms. The van der Waals surface area contributed by atoms with Crippen LogP contribution in [0.1, 0.15) is 47.1 Å². The summed E-state index contributed by atoms with van der Waals surface area (Å²) in [6, 6.07) is 8.63. The number of carbonyl (C=O) groups excluding carboxylic acids is 2. The van der Waals surface area contributed by atoms with E-state index in [0.717, 1.165) is 11.3 Å². The van der Waals surface area contributed by atoms with Crippen molar-refractivity contribution in [3.63, 3.8) is 0 Å². The number of ether oxygens (including phenoxy) is 1. The fourth-order valence-corrected chi connectivity index (χ4v) is 2.78. The van der Waals surface area contributed by atoms with Crippen LogP contribution in [-0.4, -0.2) is 40.3 Å². The van der Waals surface area contributed by atoms with Crippen LogP contribution >= 0.6 is 0 Å². The fourth-order valence-electron chi connectivity index (χ4n) is 2.78. The average Bonchev–Trinajstić information content (AvgIpc) is 2.48. The van der Waals surface area contributed by atoms with Gasteiger partial charge in [-0.15, -0.1) is 0 Å². The lowest BCUT2D eigenvalue weighted by molar-refractivity contribution is -0.133. The van der Waals surface area contributed by atoms with Gasteiger partial charge in [-0.1, -0.05) is 44.2 Å². The van der Waals surface area contributed by atoms with E-state index in [0.29, 0.717) is 0 Å². The predicted molar refractivity (Wildman–Crippen MR) is 94.1 cm³/mol. The van der Waals surface area contributed by atoms with E-state index in [4.69, 9.17) is 4.74 Å². The van der Waals surface area contributed by atoms with Crippen molar-refractivity contribution in [2.24, 2.45) is 10.9 Å². The molecule has 0 fully saturated rings. The second kappa shape index (κ2) is 6.75. The predicted octanol–water partition coefficient (Wildman–Crippen LogP) is 3.67. The highest BCUT2D eigenvalue weighted by molar-refractivity contribution is 6.12. The topological polar surface area (TPSA) is 59.0 Å². The normalized spacial score (nSPS) is 21.7. The maximum Gasteiger partial charge on any atom is 0.417 e. The lowest BCUT2D eigenvalue weighted by Gasteiger charge is -2.39. The quantitative estimate of drug-likeness (QED) is 0.831. The smallest absolute Gasteiger partial charge is 0.417 e. The summed E-state index contributed by atoms with van der Waals surface area (Å²) in [6.45, 7) is 11.0. The molecule has 0 saturated carbocycles. The molecule has 1 aliphatic rings. The molecule has 1 heterocycles. The largest absolute Gasteiger partial charge is 0.443 e. The van der Waals surface area contributed by atoms with Gasteiger partial charge in [-0.05, 0) is 39.2 Å². The molecule has 0 saturated heterocycles. The molecule has 1 aliphatic heterocycles. The van der Waals surface area contributed by atoms with Crippen LogP contribution in [0.4, 0.5) is 4.79 Å². The molecule has 24 heavy (non-hydrogen) atoms. The highest BCUT2D eigenvalue weighted by Gasteiger charge is 2.43. The number of nitrogens with zero attached hydrogens (tertiary/aromatic N) is 2. The second-order valence-corrected chi connectivity index (χ2v) is 7.43. The summed E-state index contributed by atoms with van der Waals surface area (Å²) in [5.74, 6) is -0.296. The van der Waals surface area contributed by atoms with Crippen LogP contribution in [0.2, 0.25) is 0 Å². The van der Waals surface area contributed by atoms with Gasteiger partial charge in [0.2, 0.25) is 0 Å². The first-order valence-corrected chi connectivity index (χ1v) is 8.31. The van der Waals surface area contributed by atoms with Gasteiger partial charge < -0.3 is 4.74 Å². The van der Waals surface area contributed by atoms with Gasteiger partial charge in [0, 0.05) is 0 Å². The molecule has 2 rings (SSSR count). The maximum atomic E-state index is 12.7. The third-order valence-corrected chi connectivity index (χ3v) is 3.78. The number of hydrogen-bond acceptors (Lipinski definition) is 4. The summed E-state index contributed by atoms with van der Waals surface area (Å²) in [5.41, 5.74) is 1.01. The van der Waals surface area contributed by atoms with Crippen LogP contribution in [0.3, 0.4) is 0 Å². The Morgan fingerprint density at radius 3 is 2.29 bits per heavy atom. The minimum absolute atomic E-state index is 0.0212. The van der Waals surface area contributed by atoms with Crippen LogP contribution in [0.5, 0.6) is 0 Å². The molecular formula is C19H26N2O3. The van der Waals surface area contributed by atoms with Gasteiger partial charge in [0.15, 0.2) is 0 Å². The zero-order chi connectivity index (χ0) is 18.1. The van der Waals surface area contributed by atoms with Crippen LogP contribution in [-0.2, 0) is 9.53 Å². The lowest BCUT2D eigenvalue weighted by atomic mass is 9.90. The molecule has 130 valence electrons. The Kier molecular flexibility index (Phi) is 5.11. The van der Waals surface area contributed by atoms with Gasteiger partial charge in [-0.3, -0.25) is 9.79 Å². The number of amides is 2. The van der Waals surface area contributed by atoms with Gasteiger partial charge in [-0.2, -0.15) is 0 Å². The minimum Gasteiger partial charge on any atom is -0.443 e. The average molecular weight is 330 g/mol. The van der Waals surface area contributed by atoms with Crippen molar-refractivity contribution in [2.75, 3.05) is 0 Å². The molecule has 0 aromatic heterocycles. The van der Waals surface area contributed by atoms with E-state index in [1.165, 1.54) is 4.90 Å². The van der Waals surface area contributed by atoms with E-state index in [-0.39, 0.29) is 11.8 Å². The van der Waals surface area contributed by atoms with Crippen LogP contribution < -0.4 is 0 Å². The van der Waals surface area contributed by atoms with Crippen molar-refractivity contribution in [1.82, 2.24) is 4.90 Å².